The highest BCUT2D eigenvalue weighted by Crippen LogP contribution is 2.54. The number of halogens is 3. The van der Waals surface area contributed by atoms with E-state index in [-0.39, 0.29) is 24.5 Å². The quantitative estimate of drug-likeness (QED) is 0.581. The molecule has 0 radical (unpaired) electrons. The monoisotopic (exact) mass is 386 g/mol. The summed E-state index contributed by atoms with van der Waals surface area (Å²) in [5, 5.41) is 0.468. The number of hydrogen-bond donors (Lipinski definition) is 0. The van der Waals surface area contributed by atoms with E-state index in [0.29, 0.717) is 5.03 Å². The molecule has 0 bridgehead atoms. The Hall–Kier alpha value is -1.40. The maximum absolute atomic E-state index is 14.7. The summed E-state index contributed by atoms with van der Waals surface area (Å²) in [6.07, 6.45) is 4.42. The zero-order valence-corrected chi connectivity index (χ0v) is 15.0. The molecule has 4 nitrogen and oxygen atoms in total. The van der Waals surface area contributed by atoms with Gasteiger partial charge in [-0.2, -0.15) is 0 Å². The number of ether oxygens (including phenoxy) is 3. The van der Waals surface area contributed by atoms with Gasteiger partial charge in [-0.15, -0.1) is 11.6 Å². The third-order valence-electron chi connectivity index (χ3n) is 4.49. The number of carbonyl (C=O) groups is 1. The fourth-order valence-corrected chi connectivity index (χ4v) is 3.55. The lowest BCUT2D eigenvalue weighted by molar-refractivity contribution is -0.245. The van der Waals surface area contributed by atoms with Gasteiger partial charge in [0.25, 0.3) is 0 Å². The van der Waals surface area contributed by atoms with Crippen LogP contribution in [0.1, 0.15) is 12.0 Å². The van der Waals surface area contributed by atoms with Crippen LogP contribution in [0, 0.1) is 11.2 Å². The summed E-state index contributed by atoms with van der Waals surface area (Å²) >= 11 is 11.9. The molecule has 0 spiro atoms. The SMILES string of the molecule is COC(=O)C1(C2(c3ccccc3F)OCC(CCl)O2)C=CC(Cl)=CC1. The van der Waals surface area contributed by atoms with Crippen molar-refractivity contribution >= 4 is 29.2 Å². The summed E-state index contributed by atoms with van der Waals surface area (Å²) in [4.78, 5) is 12.8. The molecule has 0 amide bonds. The Labute approximate surface area is 155 Å². The normalized spacial score (nSPS) is 31.7. The van der Waals surface area contributed by atoms with E-state index >= 15 is 0 Å². The molecule has 3 unspecified atom stereocenters. The van der Waals surface area contributed by atoms with Crippen molar-refractivity contribution in [2.24, 2.45) is 5.41 Å². The smallest absolute Gasteiger partial charge is 0.321 e. The Morgan fingerprint density at radius 2 is 2.20 bits per heavy atom. The van der Waals surface area contributed by atoms with Crippen LogP contribution in [-0.2, 0) is 24.8 Å². The summed E-state index contributed by atoms with van der Waals surface area (Å²) in [6, 6.07) is 6.03. The van der Waals surface area contributed by atoms with Gasteiger partial charge in [0.2, 0.25) is 5.79 Å². The first-order valence-corrected chi connectivity index (χ1v) is 8.66. The van der Waals surface area contributed by atoms with Gasteiger partial charge in [-0.3, -0.25) is 4.79 Å². The van der Waals surface area contributed by atoms with Gasteiger partial charge in [0.05, 0.1) is 25.7 Å². The lowest BCUT2D eigenvalue weighted by Gasteiger charge is -2.43. The first-order chi connectivity index (χ1) is 12.0. The number of carbonyl (C=O) groups excluding carboxylic acids is 1. The van der Waals surface area contributed by atoms with E-state index in [1.807, 2.05) is 0 Å². The van der Waals surface area contributed by atoms with Crippen LogP contribution in [-0.4, -0.2) is 31.7 Å². The lowest BCUT2D eigenvalue weighted by atomic mass is 9.71. The molecule has 1 aromatic carbocycles. The maximum Gasteiger partial charge on any atom is 0.321 e. The Morgan fingerprint density at radius 3 is 2.76 bits per heavy atom. The molecule has 7 heteroatoms. The number of benzene rings is 1. The Bertz CT molecular complexity index is 736. The molecule has 1 saturated heterocycles. The van der Waals surface area contributed by atoms with Gasteiger partial charge < -0.3 is 14.2 Å². The third-order valence-corrected chi connectivity index (χ3v) is 5.11. The second-order valence-corrected chi connectivity index (χ2v) is 6.64. The molecule has 1 fully saturated rings. The highest BCUT2D eigenvalue weighted by Gasteiger charge is 2.63. The molecule has 0 saturated carbocycles. The maximum atomic E-state index is 14.7. The second kappa shape index (κ2) is 7.08. The van der Waals surface area contributed by atoms with Crippen molar-refractivity contribution in [3.8, 4) is 0 Å². The molecule has 1 aliphatic carbocycles. The van der Waals surface area contributed by atoms with Crippen LogP contribution in [0.2, 0.25) is 0 Å². The van der Waals surface area contributed by atoms with E-state index in [4.69, 9.17) is 37.4 Å². The third kappa shape index (κ3) is 2.89. The molecule has 3 rings (SSSR count). The summed E-state index contributed by atoms with van der Waals surface area (Å²) < 4.78 is 31.7. The molecule has 0 N–H and O–H groups in total. The predicted molar refractivity (Wildman–Crippen MR) is 91.8 cm³/mol. The average molecular weight is 387 g/mol. The molecular formula is C18H17Cl2FO4. The van der Waals surface area contributed by atoms with E-state index in [2.05, 4.69) is 0 Å². The second-order valence-electron chi connectivity index (χ2n) is 5.89. The van der Waals surface area contributed by atoms with Crippen molar-refractivity contribution < 1.29 is 23.4 Å². The lowest BCUT2D eigenvalue weighted by Crippen LogP contribution is -2.52. The van der Waals surface area contributed by atoms with E-state index in [9.17, 15) is 9.18 Å². The highest BCUT2D eigenvalue weighted by atomic mass is 35.5. The fraction of sp³-hybridized carbons (Fsp3) is 0.389. The fourth-order valence-electron chi connectivity index (χ4n) is 3.26. The predicted octanol–water partition coefficient (Wildman–Crippen LogP) is 3.87. The zero-order chi connectivity index (χ0) is 18.1. The summed E-state index contributed by atoms with van der Waals surface area (Å²) in [5.41, 5.74) is -1.31. The van der Waals surface area contributed by atoms with Gasteiger partial charge in [0, 0.05) is 10.6 Å². The summed E-state index contributed by atoms with van der Waals surface area (Å²) in [5.74, 6) is -2.71. The van der Waals surface area contributed by atoms with Crippen molar-refractivity contribution in [3.63, 3.8) is 0 Å². The Morgan fingerprint density at radius 1 is 1.44 bits per heavy atom. The summed E-state index contributed by atoms with van der Waals surface area (Å²) in [6.45, 7) is 0.127. The van der Waals surface area contributed by atoms with Gasteiger partial charge >= 0.3 is 5.97 Å². The van der Waals surface area contributed by atoms with Crippen LogP contribution >= 0.6 is 23.2 Å². The van der Waals surface area contributed by atoms with Crippen molar-refractivity contribution in [2.75, 3.05) is 19.6 Å². The molecule has 134 valence electrons. The molecule has 25 heavy (non-hydrogen) atoms. The highest BCUT2D eigenvalue weighted by molar-refractivity contribution is 6.31. The topological polar surface area (TPSA) is 44.8 Å². The minimum absolute atomic E-state index is 0.115. The first kappa shape index (κ1) is 18.4. The van der Waals surface area contributed by atoms with Crippen LogP contribution in [0.25, 0.3) is 0 Å². The number of methoxy groups -OCH3 is 1. The van der Waals surface area contributed by atoms with E-state index in [1.54, 1.807) is 30.4 Å². The van der Waals surface area contributed by atoms with Crippen molar-refractivity contribution in [1.82, 2.24) is 0 Å². The van der Waals surface area contributed by atoms with E-state index in [0.717, 1.165) is 0 Å². The number of allylic oxidation sites excluding steroid dienone is 3. The molecular weight excluding hydrogens is 370 g/mol. The van der Waals surface area contributed by atoms with Crippen molar-refractivity contribution in [2.45, 2.75) is 18.3 Å². The first-order valence-electron chi connectivity index (χ1n) is 7.75. The number of esters is 1. The standard InChI is InChI=1S/C18H17Cl2FO4/c1-23-16(22)17(8-6-12(20)7-9-17)18(24-11-13(10-19)25-18)14-4-2-3-5-15(14)21/h2-8,13H,9-11H2,1H3. The molecule has 1 aromatic rings. The van der Waals surface area contributed by atoms with Crippen LogP contribution < -0.4 is 0 Å². The van der Waals surface area contributed by atoms with E-state index in [1.165, 1.54) is 19.2 Å². The van der Waals surface area contributed by atoms with Gasteiger partial charge in [-0.1, -0.05) is 42.0 Å². The van der Waals surface area contributed by atoms with Gasteiger partial charge in [-0.05, 0) is 18.6 Å². The molecule has 1 heterocycles. The number of alkyl halides is 1. The minimum Gasteiger partial charge on any atom is -0.468 e. The number of hydrogen-bond acceptors (Lipinski definition) is 4. The average Bonchev–Trinajstić information content (AvgIpc) is 3.08. The molecule has 2 aliphatic rings. The Kier molecular flexibility index (Phi) is 5.21. The van der Waals surface area contributed by atoms with Crippen LogP contribution in [0.3, 0.4) is 0 Å². The minimum atomic E-state index is -1.70. The number of rotatable bonds is 4. The molecule has 3 atom stereocenters. The van der Waals surface area contributed by atoms with Crippen molar-refractivity contribution in [3.05, 3.63) is 58.9 Å². The van der Waals surface area contributed by atoms with Gasteiger partial charge in [0.1, 0.15) is 11.2 Å². The van der Waals surface area contributed by atoms with Crippen LogP contribution in [0.15, 0.2) is 47.5 Å². The summed E-state index contributed by atoms with van der Waals surface area (Å²) in [7, 11) is 1.26. The molecule has 1 aliphatic heterocycles. The zero-order valence-electron chi connectivity index (χ0n) is 13.5. The van der Waals surface area contributed by atoms with Crippen LogP contribution in [0.5, 0.6) is 0 Å². The molecule has 0 aromatic heterocycles. The van der Waals surface area contributed by atoms with E-state index < -0.39 is 29.1 Å². The Balaban J connectivity index is 2.22. The van der Waals surface area contributed by atoms with Crippen LogP contribution in [0.4, 0.5) is 4.39 Å². The van der Waals surface area contributed by atoms with Crippen molar-refractivity contribution in [1.29, 1.82) is 0 Å². The largest absolute Gasteiger partial charge is 0.468 e. The van der Waals surface area contributed by atoms with Gasteiger partial charge in [0.15, 0.2) is 0 Å². The van der Waals surface area contributed by atoms with Gasteiger partial charge in [-0.25, -0.2) is 4.39 Å².